The van der Waals surface area contributed by atoms with E-state index < -0.39 is 23.6 Å². The number of hydrogen-bond donors (Lipinski definition) is 1. The number of anilines is 1. The zero-order valence-electron chi connectivity index (χ0n) is 22.9. The van der Waals surface area contributed by atoms with Gasteiger partial charge in [-0.2, -0.15) is 10.4 Å². The van der Waals surface area contributed by atoms with Crippen LogP contribution < -0.4 is 10.5 Å². The second kappa shape index (κ2) is 11.7. The fraction of sp³-hybridized carbons (Fsp3) is 0.370. The second-order valence-corrected chi connectivity index (χ2v) is 10.2. The number of benzene rings is 1. The first-order chi connectivity index (χ1) is 18.2. The van der Waals surface area contributed by atoms with Gasteiger partial charge in [-0.15, -0.1) is 0 Å². The van der Waals surface area contributed by atoms with Crippen LogP contribution >= 0.6 is 11.6 Å². The molecule has 1 amide bonds. The zero-order valence-corrected chi connectivity index (χ0v) is 23.7. The molecule has 39 heavy (non-hydrogen) atoms. The lowest BCUT2D eigenvalue weighted by Gasteiger charge is -2.24. The monoisotopic (exact) mass is 555 g/mol. The van der Waals surface area contributed by atoms with E-state index in [1.54, 1.807) is 47.9 Å². The molecule has 2 heterocycles. The lowest BCUT2D eigenvalue weighted by atomic mass is 10.0. The minimum Gasteiger partial charge on any atom is -0.482 e. The third-order valence-electron chi connectivity index (χ3n) is 5.66. The van der Waals surface area contributed by atoms with Crippen molar-refractivity contribution in [3.8, 4) is 22.9 Å². The van der Waals surface area contributed by atoms with Crippen LogP contribution in [0.25, 0.3) is 11.1 Å². The molecule has 0 saturated heterocycles. The number of ether oxygens (including phenoxy) is 2. The summed E-state index contributed by atoms with van der Waals surface area (Å²) in [6.07, 6.45) is 0.273. The highest BCUT2D eigenvalue weighted by Crippen LogP contribution is 2.35. The van der Waals surface area contributed by atoms with E-state index in [4.69, 9.17) is 26.8 Å². The first-order valence-corrected chi connectivity index (χ1v) is 12.4. The number of nitriles is 1. The van der Waals surface area contributed by atoms with Crippen molar-refractivity contribution in [2.24, 2.45) is 12.0 Å². The molecule has 0 saturated carbocycles. The molecule has 2 N–H and O–H groups in total. The van der Waals surface area contributed by atoms with Crippen LogP contribution in [0.15, 0.2) is 35.5 Å². The van der Waals surface area contributed by atoms with Crippen LogP contribution in [0.2, 0.25) is 0 Å². The van der Waals surface area contributed by atoms with Crippen molar-refractivity contribution in [1.29, 1.82) is 5.26 Å². The normalized spacial score (nSPS) is 12.6. The predicted octanol–water partition coefficient (Wildman–Crippen LogP) is 5.20. The van der Waals surface area contributed by atoms with Gasteiger partial charge in [0.1, 0.15) is 34.5 Å². The minimum absolute atomic E-state index is 0.0677. The van der Waals surface area contributed by atoms with Gasteiger partial charge < -0.3 is 20.1 Å². The Kier molecular flexibility index (Phi) is 8.81. The lowest BCUT2D eigenvalue weighted by molar-refractivity contribution is 0.0283. The SMILES string of the molecule is C/N=C(/Cl)c1ccc(F)cc1[C@@H](C)Oc1cc(-c2c(CN(C)C(=O)OC(C)(C)C)nn(C)c2C#N)cnc1N. The molecule has 0 radical (unpaired) electrons. The third-order valence-corrected chi connectivity index (χ3v) is 6.03. The Morgan fingerprint density at radius 1 is 1.36 bits per heavy atom. The van der Waals surface area contributed by atoms with Gasteiger partial charge in [0.05, 0.1) is 12.2 Å². The van der Waals surface area contributed by atoms with Crippen molar-refractivity contribution in [1.82, 2.24) is 19.7 Å². The maximum absolute atomic E-state index is 14.1. The molecule has 0 aliphatic heterocycles. The largest absolute Gasteiger partial charge is 0.482 e. The van der Waals surface area contributed by atoms with E-state index in [0.717, 1.165) is 0 Å². The molecule has 1 aromatic carbocycles. The Morgan fingerprint density at radius 3 is 2.67 bits per heavy atom. The molecule has 12 heteroatoms. The molecular formula is C27H31ClFN7O3. The fourth-order valence-corrected chi connectivity index (χ4v) is 4.04. The summed E-state index contributed by atoms with van der Waals surface area (Å²) in [5.74, 6) is -0.162. The number of nitrogens with zero attached hydrogens (tertiary/aromatic N) is 6. The molecule has 1 atom stereocenters. The zero-order chi connectivity index (χ0) is 29.1. The number of hydrogen-bond acceptors (Lipinski definition) is 8. The van der Waals surface area contributed by atoms with Crippen LogP contribution in [0.1, 0.15) is 56.3 Å². The molecule has 206 valence electrons. The summed E-state index contributed by atoms with van der Waals surface area (Å²) in [6, 6.07) is 7.92. The molecule has 3 rings (SSSR count). The van der Waals surface area contributed by atoms with Gasteiger partial charge in [-0.3, -0.25) is 9.67 Å². The summed E-state index contributed by atoms with van der Waals surface area (Å²) in [6.45, 7) is 7.11. The first kappa shape index (κ1) is 29.4. The average Bonchev–Trinajstić information content (AvgIpc) is 3.18. The van der Waals surface area contributed by atoms with Gasteiger partial charge in [0.2, 0.25) is 0 Å². The van der Waals surface area contributed by atoms with E-state index in [9.17, 15) is 14.4 Å². The Bertz CT molecular complexity index is 1460. The van der Waals surface area contributed by atoms with Gasteiger partial charge in [0.25, 0.3) is 0 Å². The molecule has 0 unspecified atom stereocenters. The average molecular weight is 556 g/mol. The molecule has 0 fully saturated rings. The highest BCUT2D eigenvalue weighted by atomic mass is 35.5. The Balaban J connectivity index is 2.01. The quantitative estimate of drug-likeness (QED) is 0.396. The molecule has 0 aliphatic rings. The van der Waals surface area contributed by atoms with Gasteiger partial charge in [0, 0.05) is 49.6 Å². The summed E-state index contributed by atoms with van der Waals surface area (Å²) in [7, 11) is 4.75. The number of rotatable bonds is 7. The number of aliphatic imine (C=N–C) groups is 1. The number of pyridine rings is 1. The van der Waals surface area contributed by atoms with Crippen molar-refractivity contribution in [3.05, 3.63) is 58.8 Å². The smallest absolute Gasteiger partial charge is 0.410 e. The topological polar surface area (TPSA) is 132 Å². The van der Waals surface area contributed by atoms with E-state index in [1.807, 2.05) is 0 Å². The first-order valence-electron chi connectivity index (χ1n) is 12.0. The van der Waals surface area contributed by atoms with Gasteiger partial charge in [0.15, 0.2) is 11.6 Å². The van der Waals surface area contributed by atoms with Crippen LogP contribution in [0.5, 0.6) is 5.75 Å². The van der Waals surface area contributed by atoms with Crippen molar-refractivity contribution in [3.63, 3.8) is 0 Å². The van der Waals surface area contributed by atoms with Crippen LogP contribution in [0.3, 0.4) is 0 Å². The maximum atomic E-state index is 14.1. The Morgan fingerprint density at radius 2 is 2.05 bits per heavy atom. The summed E-state index contributed by atoms with van der Waals surface area (Å²) in [4.78, 5) is 22.2. The van der Waals surface area contributed by atoms with E-state index in [1.165, 1.54) is 41.0 Å². The van der Waals surface area contributed by atoms with E-state index in [2.05, 4.69) is 21.1 Å². The summed E-state index contributed by atoms with van der Waals surface area (Å²) in [5.41, 5.74) is 8.11. The summed E-state index contributed by atoms with van der Waals surface area (Å²) < 4.78 is 27.1. The van der Waals surface area contributed by atoms with Gasteiger partial charge in [-0.05, 0) is 52.0 Å². The molecule has 0 bridgehead atoms. The molecule has 10 nitrogen and oxygen atoms in total. The molecular weight excluding hydrogens is 525 g/mol. The maximum Gasteiger partial charge on any atom is 0.410 e. The van der Waals surface area contributed by atoms with Crippen LogP contribution in [0.4, 0.5) is 15.0 Å². The Labute approximate surface area is 231 Å². The number of amides is 1. The fourth-order valence-electron chi connectivity index (χ4n) is 3.87. The van der Waals surface area contributed by atoms with Crippen LogP contribution in [-0.2, 0) is 18.3 Å². The lowest BCUT2D eigenvalue weighted by Crippen LogP contribution is -2.34. The number of aryl methyl sites for hydroxylation is 1. The number of nitrogens with two attached hydrogens (primary N) is 1. The highest BCUT2D eigenvalue weighted by Gasteiger charge is 2.25. The highest BCUT2D eigenvalue weighted by molar-refractivity contribution is 6.69. The number of nitrogen functional groups attached to an aromatic ring is 1. The number of carbonyl (C=O) groups is 1. The van der Waals surface area contributed by atoms with Crippen LogP contribution in [-0.4, -0.2) is 50.6 Å². The summed E-state index contributed by atoms with van der Waals surface area (Å²) >= 11 is 6.24. The number of carbonyl (C=O) groups excluding carboxylic acids is 1. The van der Waals surface area contributed by atoms with Crippen molar-refractivity contribution < 1.29 is 18.7 Å². The number of halogens is 2. The third kappa shape index (κ3) is 6.83. The second-order valence-electron chi connectivity index (χ2n) is 9.86. The Hall–Kier alpha value is -4.17. The number of aromatic nitrogens is 3. The van der Waals surface area contributed by atoms with Crippen LogP contribution in [0, 0.1) is 17.1 Å². The van der Waals surface area contributed by atoms with Crippen molar-refractivity contribution >= 4 is 28.7 Å². The van der Waals surface area contributed by atoms with Gasteiger partial charge in [-0.1, -0.05) is 11.6 Å². The molecule has 0 spiro atoms. The van der Waals surface area contributed by atoms with Crippen molar-refractivity contribution in [2.45, 2.75) is 45.9 Å². The van der Waals surface area contributed by atoms with Gasteiger partial charge in [-0.25, -0.2) is 14.2 Å². The predicted molar refractivity (Wildman–Crippen MR) is 147 cm³/mol. The van der Waals surface area contributed by atoms with E-state index in [-0.39, 0.29) is 29.0 Å². The minimum atomic E-state index is -0.687. The van der Waals surface area contributed by atoms with Gasteiger partial charge >= 0.3 is 6.09 Å². The molecule has 0 aliphatic carbocycles. The standard InChI is InChI=1S/C27H31ClFN7O3/c1-15(19-11-17(29)8-9-18(19)24(28)32-5)38-22-10-16(13-33-25(22)31)23-20(34-36(7)21(23)12-30)14-35(6)26(37)39-27(2,3)4/h8-11,13,15H,14H2,1-7H3,(H2,31,33)/b32-24+/t15-/m1/s1. The van der Waals surface area contributed by atoms with E-state index in [0.29, 0.717) is 27.9 Å². The molecule has 2 aromatic heterocycles. The molecule has 3 aromatic rings. The summed E-state index contributed by atoms with van der Waals surface area (Å²) in [5, 5.41) is 14.5. The van der Waals surface area contributed by atoms with E-state index >= 15 is 0 Å². The van der Waals surface area contributed by atoms with Crippen molar-refractivity contribution in [2.75, 3.05) is 19.8 Å².